The molecule has 3 aromatic rings. The number of rotatable bonds is 5. The van der Waals surface area contributed by atoms with Gasteiger partial charge in [-0.2, -0.15) is 0 Å². The number of nitrogens with zero attached hydrogens (tertiary/aromatic N) is 4. The standard InChI is InChI=1S/C26H29N5O2/c1-30(2)26(33)19-5-3-18(4-6-19)20-7-8-23-22(11-20)25-21(24(15-32)29-23)9-10-31(25)14-17-12-27-16-28-13-17/h3-8,11-13,16,21,24-25,29,32H,9-10,14-15H2,1-2H3/t21-,24-,25-/m1/s1. The first kappa shape index (κ1) is 21.6. The highest BCUT2D eigenvalue weighted by Gasteiger charge is 2.43. The van der Waals surface area contributed by atoms with Crippen LogP contribution < -0.4 is 5.32 Å². The van der Waals surface area contributed by atoms with Crippen LogP contribution in [0.15, 0.2) is 61.2 Å². The second-order valence-electron chi connectivity index (χ2n) is 9.13. The van der Waals surface area contributed by atoms with Gasteiger partial charge < -0.3 is 15.3 Å². The highest BCUT2D eigenvalue weighted by atomic mass is 16.3. The Kier molecular flexibility index (Phi) is 5.83. The maximum Gasteiger partial charge on any atom is 0.253 e. The van der Waals surface area contributed by atoms with E-state index in [4.69, 9.17) is 0 Å². The Labute approximate surface area is 194 Å². The van der Waals surface area contributed by atoms with Crippen LogP contribution in [-0.4, -0.2) is 64.1 Å². The molecule has 1 aromatic heterocycles. The van der Waals surface area contributed by atoms with E-state index in [1.807, 2.05) is 36.7 Å². The Morgan fingerprint density at radius 1 is 1.12 bits per heavy atom. The number of carbonyl (C=O) groups excluding carboxylic acids is 1. The van der Waals surface area contributed by atoms with Gasteiger partial charge in [0.1, 0.15) is 6.33 Å². The lowest BCUT2D eigenvalue weighted by Gasteiger charge is -2.39. The number of hydrogen-bond donors (Lipinski definition) is 2. The fourth-order valence-corrected chi connectivity index (χ4v) is 5.22. The molecule has 2 aromatic carbocycles. The molecule has 1 saturated heterocycles. The Morgan fingerprint density at radius 3 is 2.55 bits per heavy atom. The number of anilines is 1. The van der Waals surface area contributed by atoms with E-state index in [2.05, 4.69) is 38.4 Å². The van der Waals surface area contributed by atoms with E-state index < -0.39 is 0 Å². The predicted octanol–water partition coefficient (Wildman–Crippen LogP) is 3.20. The number of hydrogen-bond acceptors (Lipinski definition) is 6. The Hall–Kier alpha value is -3.29. The zero-order chi connectivity index (χ0) is 22.9. The molecular weight excluding hydrogens is 414 g/mol. The van der Waals surface area contributed by atoms with Crippen LogP contribution in [0, 0.1) is 5.92 Å². The van der Waals surface area contributed by atoms with E-state index in [1.165, 1.54) is 5.56 Å². The average molecular weight is 444 g/mol. The van der Waals surface area contributed by atoms with Crippen LogP contribution in [0.5, 0.6) is 0 Å². The summed E-state index contributed by atoms with van der Waals surface area (Å²) in [6.07, 6.45) is 6.33. The van der Waals surface area contributed by atoms with Crippen molar-refractivity contribution >= 4 is 11.6 Å². The minimum Gasteiger partial charge on any atom is -0.394 e. The molecule has 7 nitrogen and oxygen atoms in total. The number of aliphatic hydroxyl groups is 1. The van der Waals surface area contributed by atoms with Gasteiger partial charge in [0.25, 0.3) is 5.91 Å². The largest absolute Gasteiger partial charge is 0.394 e. The molecule has 5 rings (SSSR count). The summed E-state index contributed by atoms with van der Waals surface area (Å²) in [7, 11) is 3.52. The van der Waals surface area contributed by atoms with Gasteiger partial charge >= 0.3 is 0 Å². The van der Waals surface area contributed by atoms with E-state index in [0.717, 1.165) is 41.9 Å². The van der Waals surface area contributed by atoms with Gasteiger partial charge in [-0.05, 0) is 53.9 Å². The topological polar surface area (TPSA) is 81.6 Å². The minimum atomic E-state index is 0.000525. The number of carbonyl (C=O) groups is 1. The van der Waals surface area contributed by atoms with Crippen LogP contribution in [-0.2, 0) is 6.54 Å². The number of likely N-dealkylation sites (tertiary alicyclic amines) is 1. The van der Waals surface area contributed by atoms with Crippen LogP contribution >= 0.6 is 0 Å². The first-order chi connectivity index (χ1) is 16.0. The van der Waals surface area contributed by atoms with Gasteiger partial charge in [0.15, 0.2) is 0 Å². The molecule has 1 fully saturated rings. The first-order valence-corrected chi connectivity index (χ1v) is 11.4. The molecule has 2 aliphatic rings. The van der Waals surface area contributed by atoms with Gasteiger partial charge in [0, 0.05) is 61.8 Å². The normalized spacial score (nSPS) is 21.7. The van der Waals surface area contributed by atoms with Crippen LogP contribution in [0.2, 0.25) is 0 Å². The summed E-state index contributed by atoms with van der Waals surface area (Å²) < 4.78 is 0. The highest BCUT2D eigenvalue weighted by Crippen LogP contribution is 2.47. The summed E-state index contributed by atoms with van der Waals surface area (Å²) in [5.74, 6) is 0.336. The highest BCUT2D eigenvalue weighted by molar-refractivity contribution is 5.94. The predicted molar refractivity (Wildman–Crippen MR) is 128 cm³/mol. The number of aliphatic hydroxyl groups excluding tert-OH is 1. The summed E-state index contributed by atoms with van der Waals surface area (Å²) in [4.78, 5) is 24.7. The van der Waals surface area contributed by atoms with E-state index in [9.17, 15) is 9.90 Å². The van der Waals surface area contributed by atoms with Crippen molar-refractivity contribution in [1.82, 2.24) is 19.8 Å². The van der Waals surface area contributed by atoms with Crippen LogP contribution in [0.3, 0.4) is 0 Å². The van der Waals surface area contributed by atoms with Crippen LogP contribution in [0.4, 0.5) is 5.69 Å². The minimum absolute atomic E-state index is 0.000525. The zero-order valence-electron chi connectivity index (χ0n) is 19.0. The third-order valence-electron chi connectivity index (χ3n) is 6.84. The summed E-state index contributed by atoms with van der Waals surface area (Å²) in [5.41, 5.74) is 6.31. The van der Waals surface area contributed by atoms with Gasteiger partial charge in [0.05, 0.1) is 12.6 Å². The van der Waals surface area contributed by atoms with E-state index in [1.54, 1.807) is 25.3 Å². The van der Waals surface area contributed by atoms with Crippen molar-refractivity contribution in [3.63, 3.8) is 0 Å². The maximum atomic E-state index is 12.2. The number of fused-ring (bicyclic) bond motifs is 3. The van der Waals surface area contributed by atoms with Crippen molar-refractivity contribution in [3.8, 4) is 11.1 Å². The molecule has 33 heavy (non-hydrogen) atoms. The lowest BCUT2D eigenvalue weighted by atomic mass is 9.82. The van der Waals surface area contributed by atoms with E-state index in [0.29, 0.717) is 11.5 Å². The van der Waals surface area contributed by atoms with Crippen molar-refractivity contribution < 1.29 is 9.90 Å². The van der Waals surface area contributed by atoms with Crippen molar-refractivity contribution in [2.75, 3.05) is 32.6 Å². The molecule has 0 aliphatic carbocycles. The SMILES string of the molecule is CN(C)C(=O)c1ccc(-c2ccc3c(c2)[C@H]2[C@H](CCN2Cc2cncnc2)[C@@H](CO)N3)cc1. The first-order valence-electron chi connectivity index (χ1n) is 11.4. The fourth-order valence-electron chi connectivity index (χ4n) is 5.22. The van der Waals surface area contributed by atoms with Crippen molar-refractivity contribution in [2.24, 2.45) is 5.92 Å². The Morgan fingerprint density at radius 2 is 1.85 bits per heavy atom. The Bertz CT molecular complexity index is 1130. The molecule has 0 spiro atoms. The van der Waals surface area contributed by atoms with Gasteiger partial charge in [-0.15, -0.1) is 0 Å². The summed E-state index contributed by atoms with van der Waals surface area (Å²) in [6.45, 7) is 1.87. The molecule has 3 atom stereocenters. The fraction of sp³-hybridized carbons (Fsp3) is 0.346. The molecule has 7 heteroatoms. The number of amides is 1. The lowest BCUT2D eigenvalue weighted by Crippen LogP contribution is -2.41. The summed E-state index contributed by atoms with van der Waals surface area (Å²) in [6, 6.07) is 14.5. The summed E-state index contributed by atoms with van der Waals surface area (Å²) in [5, 5.41) is 13.6. The van der Waals surface area contributed by atoms with Crippen LogP contribution in [0.1, 0.15) is 33.9 Å². The van der Waals surface area contributed by atoms with Gasteiger partial charge in [-0.3, -0.25) is 9.69 Å². The molecule has 2 N–H and O–H groups in total. The molecule has 170 valence electrons. The van der Waals surface area contributed by atoms with E-state index >= 15 is 0 Å². The maximum absolute atomic E-state index is 12.2. The van der Waals surface area contributed by atoms with Gasteiger partial charge in [-0.25, -0.2) is 9.97 Å². The van der Waals surface area contributed by atoms with Crippen molar-refractivity contribution in [1.29, 1.82) is 0 Å². The average Bonchev–Trinajstić information content (AvgIpc) is 3.27. The Balaban J connectivity index is 1.48. The summed E-state index contributed by atoms with van der Waals surface area (Å²) >= 11 is 0. The van der Waals surface area contributed by atoms with Gasteiger partial charge in [0.2, 0.25) is 0 Å². The molecule has 0 unspecified atom stereocenters. The molecule has 2 aliphatic heterocycles. The third kappa shape index (κ3) is 4.10. The lowest BCUT2D eigenvalue weighted by molar-refractivity contribution is 0.0827. The third-order valence-corrected chi connectivity index (χ3v) is 6.84. The van der Waals surface area contributed by atoms with Crippen molar-refractivity contribution in [2.45, 2.75) is 25.0 Å². The molecular formula is C26H29N5O2. The molecule has 0 bridgehead atoms. The molecule has 1 amide bonds. The second kappa shape index (κ2) is 8.92. The monoisotopic (exact) mass is 443 g/mol. The quantitative estimate of drug-likeness (QED) is 0.630. The number of aromatic nitrogens is 2. The van der Waals surface area contributed by atoms with Gasteiger partial charge in [-0.1, -0.05) is 18.2 Å². The number of nitrogens with one attached hydrogen (secondary N) is 1. The zero-order valence-corrected chi connectivity index (χ0v) is 19.0. The number of benzene rings is 2. The molecule has 0 radical (unpaired) electrons. The van der Waals surface area contributed by atoms with Crippen LogP contribution in [0.25, 0.3) is 11.1 Å². The molecule has 3 heterocycles. The van der Waals surface area contributed by atoms with E-state index in [-0.39, 0.29) is 24.6 Å². The molecule has 0 saturated carbocycles. The van der Waals surface area contributed by atoms with Crippen molar-refractivity contribution in [3.05, 3.63) is 77.9 Å². The smallest absolute Gasteiger partial charge is 0.253 e. The second-order valence-corrected chi connectivity index (χ2v) is 9.13.